The van der Waals surface area contributed by atoms with Gasteiger partial charge in [0.05, 0.1) is 5.56 Å². The molecule has 1 N–H and O–H groups in total. The third-order valence-electron chi connectivity index (χ3n) is 4.21. The van der Waals surface area contributed by atoms with Gasteiger partial charge in [-0.1, -0.05) is 12.1 Å². The quantitative estimate of drug-likeness (QED) is 0.911. The lowest BCUT2D eigenvalue weighted by atomic mass is 9.99. The number of hydrogen-bond acceptors (Lipinski definition) is 3. The molecule has 132 valence electrons. The molecule has 1 aliphatic rings. The first kappa shape index (κ1) is 18.1. The summed E-state index contributed by atoms with van der Waals surface area (Å²) >= 11 is 0. The van der Waals surface area contributed by atoms with Crippen LogP contribution in [0.4, 0.5) is 13.2 Å². The molecule has 1 fully saturated rings. The van der Waals surface area contributed by atoms with Gasteiger partial charge in [0.25, 0.3) is 5.91 Å². The highest BCUT2D eigenvalue weighted by Gasteiger charge is 2.47. The molecule has 1 aromatic rings. The fourth-order valence-electron chi connectivity index (χ4n) is 2.80. The van der Waals surface area contributed by atoms with Crippen LogP contribution in [0.3, 0.4) is 0 Å². The Morgan fingerprint density at radius 3 is 2.54 bits per heavy atom. The molecule has 0 aromatic heterocycles. The van der Waals surface area contributed by atoms with Crippen LogP contribution in [0.5, 0.6) is 5.75 Å². The number of carbonyl (C=O) groups excluding carboxylic acids is 1. The number of alkyl halides is 3. The zero-order valence-electron chi connectivity index (χ0n) is 13.3. The van der Waals surface area contributed by atoms with E-state index in [4.69, 9.17) is 4.74 Å². The molecule has 0 aliphatic carbocycles. The van der Waals surface area contributed by atoms with Crippen molar-refractivity contribution in [3.05, 3.63) is 29.8 Å². The van der Waals surface area contributed by atoms with Crippen molar-refractivity contribution in [2.45, 2.75) is 44.5 Å². The molecule has 0 saturated carbocycles. The minimum absolute atomic E-state index is 0.232. The Kier molecular flexibility index (Phi) is 4.77. The lowest BCUT2D eigenvalue weighted by Crippen LogP contribution is -2.54. The lowest BCUT2D eigenvalue weighted by molar-refractivity contribution is -0.158. The van der Waals surface area contributed by atoms with Crippen molar-refractivity contribution < 1.29 is 32.6 Å². The van der Waals surface area contributed by atoms with Crippen molar-refractivity contribution in [1.29, 1.82) is 0 Å². The van der Waals surface area contributed by atoms with Gasteiger partial charge in [-0.15, -0.1) is 0 Å². The third kappa shape index (κ3) is 3.32. The van der Waals surface area contributed by atoms with E-state index in [2.05, 4.69) is 0 Å². The van der Waals surface area contributed by atoms with Gasteiger partial charge in [-0.3, -0.25) is 4.79 Å². The largest absolute Gasteiger partial charge is 0.480 e. The predicted octanol–water partition coefficient (Wildman–Crippen LogP) is 2.94. The summed E-state index contributed by atoms with van der Waals surface area (Å²) in [7, 11) is 0. The standard InChI is InChI=1S/C16H18F3NO4/c1-10(13(21)20-9-5-8-15(20,2)14(22)23)24-12-7-4-3-6-11(12)16(17,18)19/h3-4,6-7,10H,5,8-9H2,1-2H3,(H,22,23). The van der Waals surface area contributed by atoms with Crippen molar-refractivity contribution >= 4 is 11.9 Å². The third-order valence-corrected chi connectivity index (χ3v) is 4.21. The normalized spacial score (nSPS) is 22.3. The molecule has 1 amide bonds. The second kappa shape index (κ2) is 6.33. The zero-order valence-corrected chi connectivity index (χ0v) is 13.3. The summed E-state index contributed by atoms with van der Waals surface area (Å²) in [6, 6.07) is 4.60. The van der Waals surface area contributed by atoms with E-state index in [1.165, 1.54) is 26.0 Å². The molecule has 1 saturated heterocycles. The number of halogens is 3. The van der Waals surface area contributed by atoms with Crippen LogP contribution in [0.2, 0.25) is 0 Å². The van der Waals surface area contributed by atoms with Gasteiger partial charge >= 0.3 is 12.1 Å². The first-order valence-corrected chi connectivity index (χ1v) is 7.45. The SMILES string of the molecule is CC(Oc1ccccc1C(F)(F)F)C(=O)N1CCCC1(C)C(=O)O. The van der Waals surface area contributed by atoms with Crippen LogP contribution in [0.1, 0.15) is 32.3 Å². The van der Waals surface area contributed by atoms with E-state index in [0.717, 1.165) is 17.0 Å². The maximum Gasteiger partial charge on any atom is 0.419 e. The van der Waals surface area contributed by atoms with Gasteiger partial charge < -0.3 is 14.7 Å². The van der Waals surface area contributed by atoms with Crippen LogP contribution in [0.15, 0.2) is 24.3 Å². The molecule has 0 bridgehead atoms. The summed E-state index contributed by atoms with van der Waals surface area (Å²) in [5, 5.41) is 9.33. The molecule has 1 aromatic carbocycles. The molecule has 2 rings (SSSR count). The van der Waals surface area contributed by atoms with Crippen LogP contribution in [0.25, 0.3) is 0 Å². The van der Waals surface area contributed by atoms with E-state index in [1.807, 2.05) is 0 Å². The minimum Gasteiger partial charge on any atom is -0.480 e. The highest BCUT2D eigenvalue weighted by atomic mass is 19.4. The Hall–Kier alpha value is -2.25. The van der Waals surface area contributed by atoms with E-state index in [-0.39, 0.29) is 6.54 Å². The van der Waals surface area contributed by atoms with Gasteiger partial charge in [-0.2, -0.15) is 13.2 Å². The smallest absolute Gasteiger partial charge is 0.419 e. The molecule has 0 radical (unpaired) electrons. The Balaban J connectivity index is 2.20. The van der Waals surface area contributed by atoms with Gasteiger partial charge in [0.15, 0.2) is 6.10 Å². The van der Waals surface area contributed by atoms with Crippen LogP contribution in [0, 0.1) is 0 Å². The molecular formula is C16H18F3NO4. The highest BCUT2D eigenvalue weighted by molar-refractivity contribution is 5.89. The molecule has 8 heteroatoms. The van der Waals surface area contributed by atoms with E-state index >= 15 is 0 Å². The summed E-state index contributed by atoms with van der Waals surface area (Å²) in [5.74, 6) is -2.24. The Morgan fingerprint density at radius 2 is 1.96 bits per heavy atom. The number of carboxylic acids is 1. The molecule has 24 heavy (non-hydrogen) atoms. The zero-order chi connectivity index (χ0) is 18.1. The summed E-state index contributed by atoms with van der Waals surface area (Å²) in [5.41, 5.74) is -2.34. The van der Waals surface area contributed by atoms with Gasteiger partial charge in [0.2, 0.25) is 0 Å². The van der Waals surface area contributed by atoms with E-state index in [0.29, 0.717) is 12.8 Å². The van der Waals surface area contributed by atoms with Crippen molar-refractivity contribution in [1.82, 2.24) is 4.90 Å². The number of likely N-dealkylation sites (tertiary alicyclic amines) is 1. The fraction of sp³-hybridized carbons (Fsp3) is 0.500. The predicted molar refractivity (Wildman–Crippen MR) is 78.5 cm³/mol. The minimum atomic E-state index is -4.61. The molecule has 5 nitrogen and oxygen atoms in total. The highest BCUT2D eigenvalue weighted by Crippen LogP contribution is 2.37. The number of rotatable bonds is 4. The van der Waals surface area contributed by atoms with Crippen LogP contribution in [-0.4, -0.2) is 40.1 Å². The summed E-state index contributed by atoms with van der Waals surface area (Å²) < 4.78 is 44.1. The second-order valence-electron chi connectivity index (χ2n) is 5.93. The van der Waals surface area contributed by atoms with Crippen LogP contribution in [-0.2, 0) is 15.8 Å². The Bertz CT molecular complexity index is 646. The molecular weight excluding hydrogens is 327 g/mol. The molecule has 2 unspecified atom stereocenters. The average molecular weight is 345 g/mol. The number of ether oxygens (including phenoxy) is 1. The summed E-state index contributed by atoms with van der Waals surface area (Å²) in [4.78, 5) is 25.1. The van der Waals surface area contributed by atoms with E-state index < -0.39 is 41.0 Å². The Labute approximate surface area is 137 Å². The number of carboxylic acid groups (broad SMARTS) is 1. The molecule has 0 spiro atoms. The number of carbonyl (C=O) groups is 2. The summed E-state index contributed by atoms with van der Waals surface area (Å²) in [6.07, 6.45) is -5.03. The number of hydrogen-bond donors (Lipinski definition) is 1. The van der Waals surface area contributed by atoms with E-state index in [1.54, 1.807) is 0 Å². The van der Waals surface area contributed by atoms with Gasteiger partial charge in [-0.05, 0) is 38.8 Å². The van der Waals surface area contributed by atoms with Crippen LogP contribution < -0.4 is 4.74 Å². The topological polar surface area (TPSA) is 66.8 Å². The van der Waals surface area contributed by atoms with Crippen LogP contribution >= 0.6 is 0 Å². The van der Waals surface area contributed by atoms with Gasteiger partial charge in [0.1, 0.15) is 11.3 Å². The summed E-state index contributed by atoms with van der Waals surface area (Å²) in [6.45, 7) is 2.98. The number of benzene rings is 1. The lowest BCUT2D eigenvalue weighted by Gasteiger charge is -2.33. The van der Waals surface area contributed by atoms with Crippen molar-refractivity contribution in [3.63, 3.8) is 0 Å². The fourth-order valence-corrected chi connectivity index (χ4v) is 2.80. The number of nitrogens with zero attached hydrogens (tertiary/aromatic N) is 1. The maximum absolute atomic E-state index is 13.0. The number of amides is 1. The number of para-hydroxylation sites is 1. The van der Waals surface area contributed by atoms with Gasteiger partial charge in [-0.25, -0.2) is 4.79 Å². The van der Waals surface area contributed by atoms with Crippen molar-refractivity contribution in [3.8, 4) is 5.75 Å². The maximum atomic E-state index is 13.0. The van der Waals surface area contributed by atoms with Crippen molar-refractivity contribution in [2.75, 3.05) is 6.54 Å². The monoisotopic (exact) mass is 345 g/mol. The van der Waals surface area contributed by atoms with Crippen molar-refractivity contribution in [2.24, 2.45) is 0 Å². The first-order valence-electron chi connectivity index (χ1n) is 7.45. The Morgan fingerprint density at radius 1 is 1.33 bits per heavy atom. The average Bonchev–Trinajstić information content (AvgIpc) is 2.89. The first-order chi connectivity index (χ1) is 11.1. The molecule has 2 atom stereocenters. The number of aliphatic carboxylic acids is 1. The molecule has 1 aliphatic heterocycles. The van der Waals surface area contributed by atoms with E-state index in [9.17, 15) is 27.9 Å². The molecule has 1 heterocycles. The second-order valence-corrected chi connectivity index (χ2v) is 5.93. The van der Waals surface area contributed by atoms with Gasteiger partial charge in [0, 0.05) is 6.54 Å².